The van der Waals surface area contributed by atoms with Crippen molar-refractivity contribution in [3.63, 3.8) is 0 Å². The number of nitrogens with one attached hydrogen (secondary N) is 1. The molecule has 0 atom stereocenters. The maximum absolute atomic E-state index is 12.5. The molecule has 7 nitrogen and oxygen atoms in total. The Balaban J connectivity index is 2.06. The van der Waals surface area contributed by atoms with Gasteiger partial charge in [-0.05, 0) is 12.1 Å². The third-order valence-corrected chi connectivity index (χ3v) is 4.67. The van der Waals surface area contributed by atoms with E-state index in [9.17, 15) is 23.2 Å². The lowest BCUT2D eigenvalue weighted by Crippen LogP contribution is -2.35. The van der Waals surface area contributed by atoms with Crippen LogP contribution in [0.1, 0.15) is 12.0 Å². The first-order valence-corrected chi connectivity index (χ1v) is 8.78. The number of thioether (sulfide) groups is 1. The van der Waals surface area contributed by atoms with Crippen molar-refractivity contribution < 1.29 is 33.0 Å². The number of carbonyl (C=O) groups is 3. The fourth-order valence-corrected chi connectivity index (χ4v) is 3.41. The Labute approximate surface area is 162 Å². The molecule has 1 aliphatic heterocycles. The number of nitrogens with zero attached hydrogens (tertiary/aromatic N) is 1. The van der Waals surface area contributed by atoms with Gasteiger partial charge >= 0.3 is 12.6 Å². The lowest BCUT2D eigenvalue weighted by molar-refractivity contribution is -0.138. The number of ether oxygens (including phenoxy) is 1. The van der Waals surface area contributed by atoms with E-state index in [0.29, 0.717) is 0 Å². The van der Waals surface area contributed by atoms with Gasteiger partial charge in [0.2, 0.25) is 5.91 Å². The van der Waals surface area contributed by atoms with E-state index in [0.717, 1.165) is 11.8 Å². The summed E-state index contributed by atoms with van der Waals surface area (Å²) in [7, 11) is 0. The normalized spacial score (nSPS) is 15.5. The highest BCUT2D eigenvalue weighted by Gasteiger charge is 2.32. The second-order valence-electron chi connectivity index (χ2n) is 5.17. The van der Waals surface area contributed by atoms with E-state index in [-0.39, 0.29) is 33.5 Å². The zero-order chi connectivity index (χ0) is 20.0. The van der Waals surface area contributed by atoms with Gasteiger partial charge in [-0.2, -0.15) is 8.78 Å². The maximum Gasteiger partial charge on any atom is 0.387 e. The lowest BCUT2D eigenvalue weighted by atomic mass is 10.2. The van der Waals surface area contributed by atoms with Gasteiger partial charge in [0, 0.05) is 18.5 Å². The largest absolute Gasteiger partial charge is 0.480 e. The molecule has 2 amide bonds. The van der Waals surface area contributed by atoms with Gasteiger partial charge in [0.1, 0.15) is 16.6 Å². The smallest absolute Gasteiger partial charge is 0.387 e. The molecular weight excluding hydrogens is 402 g/mol. The van der Waals surface area contributed by atoms with E-state index in [1.165, 1.54) is 29.2 Å². The monoisotopic (exact) mass is 416 g/mol. The fraction of sp³-hybridized carbons (Fsp3) is 0.250. The number of hydrogen-bond donors (Lipinski definition) is 2. The number of amides is 2. The number of thiocarbonyl (C=S) groups is 1. The number of carboxylic acid groups (broad SMARTS) is 1. The second-order valence-corrected chi connectivity index (χ2v) is 6.85. The van der Waals surface area contributed by atoms with Crippen LogP contribution < -0.4 is 10.1 Å². The van der Waals surface area contributed by atoms with E-state index in [1.807, 2.05) is 0 Å². The summed E-state index contributed by atoms with van der Waals surface area (Å²) < 4.78 is 29.6. The Kier molecular flexibility index (Phi) is 7.25. The first-order valence-electron chi connectivity index (χ1n) is 7.55. The van der Waals surface area contributed by atoms with Crippen molar-refractivity contribution in [3.05, 3.63) is 34.7 Å². The van der Waals surface area contributed by atoms with Crippen LogP contribution in [0.5, 0.6) is 5.75 Å². The first kappa shape index (κ1) is 20.8. The quantitative estimate of drug-likeness (QED) is 0.495. The molecule has 1 saturated heterocycles. The molecule has 0 saturated carbocycles. The van der Waals surface area contributed by atoms with Crippen LogP contribution >= 0.6 is 24.0 Å². The molecule has 1 aromatic carbocycles. The molecule has 11 heteroatoms. The molecule has 144 valence electrons. The number of aliphatic carboxylic acids is 1. The molecule has 0 radical (unpaired) electrons. The third-order valence-electron chi connectivity index (χ3n) is 3.29. The predicted octanol–water partition coefficient (Wildman–Crippen LogP) is 2.08. The van der Waals surface area contributed by atoms with Crippen LogP contribution in [0.4, 0.5) is 8.78 Å². The van der Waals surface area contributed by atoms with Gasteiger partial charge in [-0.25, -0.2) is 0 Å². The Morgan fingerprint density at radius 1 is 1.37 bits per heavy atom. The number of rotatable bonds is 8. The molecule has 27 heavy (non-hydrogen) atoms. The van der Waals surface area contributed by atoms with E-state index >= 15 is 0 Å². The van der Waals surface area contributed by atoms with Gasteiger partial charge < -0.3 is 15.2 Å². The van der Waals surface area contributed by atoms with Crippen molar-refractivity contribution in [2.75, 3.05) is 13.1 Å². The number of para-hydroxylation sites is 1. The lowest BCUT2D eigenvalue weighted by Gasteiger charge is -2.13. The molecule has 0 bridgehead atoms. The van der Waals surface area contributed by atoms with Crippen LogP contribution in [0.25, 0.3) is 6.08 Å². The van der Waals surface area contributed by atoms with Crippen molar-refractivity contribution in [2.45, 2.75) is 13.0 Å². The number of carboxylic acids is 1. The van der Waals surface area contributed by atoms with Gasteiger partial charge in [-0.3, -0.25) is 19.3 Å². The average molecular weight is 416 g/mol. The molecule has 1 aliphatic rings. The van der Waals surface area contributed by atoms with Crippen LogP contribution in [-0.4, -0.2) is 51.8 Å². The zero-order valence-electron chi connectivity index (χ0n) is 13.7. The maximum atomic E-state index is 12.5. The molecule has 1 heterocycles. The zero-order valence-corrected chi connectivity index (χ0v) is 15.3. The SMILES string of the molecule is O=C(O)CNC(=O)CCN1C(=O)/C(=C/c2ccccc2OC(F)F)SC1=S. The van der Waals surface area contributed by atoms with E-state index in [1.54, 1.807) is 6.07 Å². The molecule has 1 fully saturated rings. The number of benzene rings is 1. The molecule has 1 aromatic rings. The Morgan fingerprint density at radius 3 is 2.74 bits per heavy atom. The Hall–Kier alpha value is -2.53. The molecule has 0 aromatic heterocycles. The van der Waals surface area contributed by atoms with Crippen molar-refractivity contribution in [3.8, 4) is 5.75 Å². The number of halogens is 2. The molecule has 0 unspecified atom stereocenters. The first-order chi connectivity index (χ1) is 12.8. The summed E-state index contributed by atoms with van der Waals surface area (Å²) in [5.41, 5.74) is 0.289. The van der Waals surface area contributed by atoms with Crippen LogP contribution in [0.15, 0.2) is 29.2 Å². The highest BCUT2D eigenvalue weighted by atomic mass is 32.2. The summed E-state index contributed by atoms with van der Waals surface area (Å²) in [5, 5.41) is 10.7. The summed E-state index contributed by atoms with van der Waals surface area (Å²) in [4.78, 5) is 35.9. The van der Waals surface area contributed by atoms with Crippen LogP contribution in [0.3, 0.4) is 0 Å². The molecule has 0 spiro atoms. The number of alkyl halides is 2. The summed E-state index contributed by atoms with van der Waals surface area (Å²) in [6, 6.07) is 6.00. The fourth-order valence-electron chi connectivity index (χ4n) is 2.11. The van der Waals surface area contributed by atoms with Gasteiger partial charge in [0.25, 0.3) is 5.91 Å². The summed E-state index contributed by atoms with van der Waals surface area (Å²) >= 11 is 6.10. The Bertz CT molecular complexity index is 801. The second kappa shape index (κ2) is 9.42. The van der Waals surface area contributed by atoms with Gasteiger partial charge in [-0.1, -0.05) is 42.2 Å². The minimum atomic E-state index is -3.00. The van der Waals surface area contributed by atoms with Gasteiger partial charge in [-0.15, -0.1) is 0 Å². The van der Waals surface area contributed by atoms with Crippen molar-refractivity contribution in [1.29, 1.82) is 0 Å². The number of carbonyl (C=O) groups excluding carboxylic acids is 2. The van der Waals surface area contributed by atoms with Crippen molar-refractivity contribution in [2.24, 2.45) is 0 Å². The molecular formula is C16H14F2N2O5S2. The van der Waals surface area contributed by atoms with Crippen molar-refractivity contribution >= 4 is 52.2 Å². The number of hydrogen-bond acceptors (Lipinski definition) is 6. The molecule has 2 N–H and O–H groups in total. The highest BCUT2D eigenvalue weighted by Crippen LogP contribution is 2.34. The summed E-state index contributed by atoms with van der Waals surface area (Å²) in [6.45, 7) is -3.54. The van der Waals surface area contributed by atoms with E-state index in [2.05, 4.69) is 10.1 Å². The minimum absolute atomic E-state index is 0.0252. The molecule has 2 rings (SSSR count). The van der Waals surface area contributed by atoms with Gasteiger partial charge in [0.05, 0.1) is 4.91 Å². The average Bonchev–Trinajstić information content (AvgIpc) is 2.86. The summed E-state index contributed by atoms with van der Waals surface area (Å²) in [6.07, 6.45) is 1.26. The van der Waals surface area contributed by atoms with E-state index < -0.39 is 30.9 Å². The molecule has 0 aliphatic carbocycles. The third kappa shape index (κ3) is 6.00. The van der Waals surface area contributed by atoms with Crippen molar-refractivity contribution in [1.82, 2.24) is 10.2 Å². The van der Waals surface area contributed by atoms with Crippen LogP contribution in [-0.2, 0) is 14.4 Å². The minimum Gasteiger partial charge on any atom is -0.480 e. The van der Waals surface area contributed by atoms with Crippen LogP contribution in [0.2, 0.25) is 0 Å². The summed E-state index contributed by atoms with van der Waals surface area (Å²) in [5.74, 6) is -2.26. The van der Waals surface area contributed by atoms with Crippen LogP contribution in [0, 0.1) is 0 Å². The Morgan fingerprint density at radius 2 is 2.07 bits per heavy atom. The highest BCUT2D eigenvalue weighted by molar-refractivity contribution is 8.26. The van der Waals surface area contributed by atoms with Gasteiger partial charge in [0.15, 0.2) is 0 Å². The topological polar surface area (TPSA) is 95.9 Å². The van der Waals surface area contributed by atoms with E-state index in [4.69, 9.17) is 17.3 Å². The standard InChI is InChI=1S/C16H14F2N2O5S2/c17-15(18)25-10-4-2-1-3-9(10)7-11-14(24)20(16(26)27-11)6-5-12(21)19-8-13(22)23/h1-4,7,15H,5-6,8H2,(H,19,21)(H,22,23)/b11-7-. The predicted molar refractivity (Wildman–Crippen MR) is 98.2 cm³/mol.